The Labute approximate surface area is 441 Å². The van der Waals surface area contributed by atoms with Crippen LogP contribution in [0.15, 0.2) is 23.3 Å². The van der Waals surface area contributed by atoms with Gasteiger partial charge >= 0.3 is 5.97 Å². The lowest BCUT2D eigenvalue weighted by Crippen LogP contribution is -2.64. The Kier molecular flexibility index (Phi) is 22.6. The molecule has 17 heteroatoms. The number of allylic oxidation sites excluding steroid dienone is 3. The number of methoxy groups -OCH3 is 3. The normalized spacial score (nSPS) is 36.1. The highest BCUT2D eigenvalue weighted by atomic mass is 28.4. The van der Waals surface area contributed by atoms with E-state index in [1.165, 1.54) is 19.1 Å². The lowest BCUT2D eigenvalue weighted by atomic mass is 9.81. The number of fused-ring (bicyclic) bond motifs is 3. The number of carbonyl (C=O) groups excluding carboxylic acids is 4. The molecule has 420 valence electrons. The lowest BCUT2D eigenvalue weighted by Gasteiger charge is -2.47. The smallest absolute Gasteiger partial charge is 0.329 e. The van der Waals surface area contributed by atoms with Gasteiger partial charge in [0.05, 0.1) is 43.2 Å². The van der Waals surface area contributed by atoms with Crippen molar-refractivity contribution < 1.29 is 67.0 Å². The zero-order valence-electron chi connectivity index (χ0n) is 48.2. The van der Waals surface area contributed by atoms with Crippen LogP contribution >= 0.6 is 0 Å². The van der Waals surface area contributed by atoms with Gasteiger partial charge in [0.1, 0.15) is 24.0 Å². The summed E-state index contributed by atoms with van der Waals surface area (Å²) in [4.78, 5) is 60.6. The van der Waals surface area contributed by atoms with Crippen LogP contribution in [0.3, 0.4) is 0 Å². The first kappa shape index (κ1) is 63.4. The largest absolute Gasteiger partial charge is 0.456 e. The third-order valence-electron chi connectivity index (χ3n) is 17.6. The van der Waals surface area contributed by atoms with Crippen LogP contribution < -0.4 is 0 Å². The molecule has 15 atom stereocenters. The number of ketones is 2. The molecule has 0 aromatic heterocycles. The molecule has 2 saturated heterocycles. The summed E-state index contributed by atoms with van der Waals surface area (Å²) in [6, 6.07) is -1.15. The number of carbonyl (C=O) groups is 4. The van der Waals surface area contributed by atoms with Crippen LogP contribution in [-0.2, 0) is 51.7 Å². The van der Waals surface area contributed by atoms with Gasteiger partial charge in [0, 0.05) is 52.0 Å². The second kappa shape index (κ2) is 26.0. The molecule has 73 heavy (non-hydrogen) atoms. The topological polar surface area (TPSA) is 197 Å². The fourth-order valence-electron chi connectivity index (χ4n) is 11.0. The number of Topliss-reactive ketones (excluding diaryl/α,β-unsaturated/α-hetero) is 2. The van der Waals surface area contributed by atoms with E-state index in [0.29, 0.717) is 32.1 Å². The quantitative estimate of drug-likeness (QED) is 0.0725. The summed E-state index contributed by atoms with van der Waals surface area (Å²) in [6.45, 7) is 30.9. The molecule has 3 fully saturated rings. The molecule has 0 aromatic carbocycles. The number of hydrogen-bond donors (Lipinski definition) is 3. The number of piperidine rings is 1. The SMILES string of the molecule is CO[C@@H]1C[C@H](C)C/C(C)=C\[C@H](CC(O)CO)C(=O)C[C@H](O[Si](C)(C)C(C)(C)C)[C@@H](C)[C@@H](/C(C)=C/[C@@H]2CC[C@@H](O[Si](C)(C)C(C)(C)C)[C@H](OC)C2)OC(=O)[C@@H]2CCCCN2C(=O)C(=O)[C@]2(O)O[C@H]1[C@H](OC)C[C@H]2C. The molecule has 3 heterocycles. The number of cyclic esters (lactones) is 1. The van der Waals surface area contributed by atoms with Crippen LogP contribution in [0.1, 0.15) is 147 Å². The predicted molar refractivity (Wildman–Crippen MR) is 288 cm³/mol. The molecule has 3 N–H and O–H groups in total. The summed E-state index contributed by atoms with van der Waals surface area (Å²) in [6.07, 6.45) is 3.38. The second-order valence-corrected chi connectivity index (χ2v) is 35.0. The van der Waals surface area contributed by atoms with Gasteiger partial charge in [0.25, 0.3) is 11.7 Å². The third kappa shape index (κ3) is 15.8. The maximum atomic E-state index is 15.1. The molecular weight excluding hydrogens is 967 g/mol. The Morgan fingerprint density at radius 2 is 1.40 bits per heavy atom. The monoisotopic (exact) mass is 1070 g/mol. The summed E-state index contributed by atoms with van der Waals surface area (Å²) >= 11 is 0. The lowest BCUT2D eigenvalue weighted by molar-refractivity contribution is -0.302. The molecule has 0 aromatic rings. The zero-order valence-corrected chi connectivity index (χ0v) is 50.2. The van der Waals surface area contributed by atoms with Gasteiger partial charge in [-0.1, -0.05) is 80.0 Å². The molecule has 1 aliphatic carbocycles. The molecule has 1 amide bonds. The van der Waals surface area contributed by atoms with Crippen molar-refractivity contribution in [2.24, 2.45) is 29.6 Å². The minimum absolute atomic E-state index is 0.00939. The maximum Gasteiger partial charge on any atom is 0.329 e. The highest BCUT2D eigenvalue weighted by Gasteiger charge is 2.57. The Hall–Kier alpha value is -2.17. The fourth-order valence-corrected chi connectivity index (χ4v) is 13.8. The van der Waals surface area contributed by atoms with Crippen molar-refractivity contribution in [2.75, 3.05) is 34.5 Å². The predicted octanol–water partition coefficient (Wildman–Crippen LogP) is 8.87. The summed E-state index contributed by atoms with van der Waals surface area (Å²) in [5, 5.41) is 33.1. The van der Waals surface area contributed by atoms with Crippen LogP contribution in [0.25, 0.3) is 0 Å². The van der Waals surface area contributed by atoms with E-state index >= 15 is 9.59 Å². The molecule has 0 radical (unpaired) electrons. The molecule has 4 rings (SSSR count). The Morgan fingerprint density at radius 3 is 1.96 bits per heavy atom. The average molecular weight is 1070 g/mol. The Bertz CT molecular complexity index is 1930. The highest BCUT2D eigenvalue weighted by molar-refractivity contribution is 6.74. The van der Waals surface area contributed by atoms with Crippen LogP contribution in [0.5, 0.6) is 0 Å². The molecule has 3 aliphatic heterocycles. The third-order valence-corrected chi connectivity index (χ3v) is 26.6. The van der Waals surface area contributed by atoms with Crippen molar-refractivity contribution >= 4 is 40.1 Å². The van der Waals surface area contributed by atoms with Gasteiger partial charge in [-0.3, -0.25) is 14.4 Å². The van der Waals surface area contributed by atoms with Crippen LogP contribution in [0.2, 0.25) is 36.3 Å². The van der Waals surface area contributed by atoms with Gasteiger partial charge in [-0.15, -0.1) is 0 Å². The van der Waals surface area contributed by atoms with E-state index in [2.05, 4.69) is 73.8 Å². The minimum atomic E-state index is -2.65. The molecule has 4 aliphatic rings. The van der Waals surface area contributed by atoms with Gasteiger partial charge in [-0.05, 0) is 132 Å². The molecule has 2 bridgehead atoms. The number of aliphatic hydroxyl groups excluding tert-OH is 2. The number of hydrogen-bond acceptors (Lipinski definition) is 14. The van der Waals surface area contributed by atoms with Crippen molar-refractivity contribution in [3.8, 4) is 0 Å². The van der Waals surface area contributed by atoms with Crippen molar-refractivity contribution in [1.29, 1.82) is 0 Å². The number of esters is 1. The first-order valence-electron chi connectivity index (χ1n) is 27.3. The van der Waals surface area contributed by atoms with Crippen LogP contribution in [0.4, 0.5) is 0 Å². The van der Waals surface area contributed by atoms with Gasteiger partial charge in [0.2, 0.25) is 5.79 Å². The van der Waals surface area contributed by atoms with Crippen LogP contribution in [0, 0.1) is 29.6 Å². The van der Waals surface area contributed by atoms with Gasteiger partial charge in [0.15, 0.2) is 16.6 Å². The average Bonchev–Trinajstić information content (AvgIpc) is 3.31. The summed E-state index contributed by atoms with van der Waals surface area (Å²) in [5.74, 6) is -7.90. The van der Waals surface area contributed by atoms with E-state index in [9.17, 15) is 24.9 Å². The minimum Gasteiger partial charge on any atom is -0.456 e. The van der Waals surface area contributed by atoms with E-state index in [-0.39, 0.29) is 72.1 Å². The molecular formula is C56H99NO14Si2. The number of amides is 1. The number of aliphatic hydroxyl groups is 3. The van der Waals surface area contributed by atoms with Gasteiger partial charge < -0.3 is 52.8 Å². The van der Waals surface area contributed by atoms with E-state index < -0.39 is 107 Å². The first-order valence-corrected chi connectivity index (χ1v) is 33.1. The van der Waals surface area contributed by atoms with E-state index in [1.807, 2.05) is 33.8 Å². The zero-order chi connectivity index (χ0) is 55.2. The van der Waals surface area contributed by atoms with E-state index in [4.69, 9.17) is 32.5 Å². The van der Waals surface area contributed by atoms with E-state index in [0.717, 1.165) is 24.0 Å². The standard InChI is InChI=1S/C56H99NO14Si2/c1-34-25-35(2)27-47(66-13)50-48(67-14)29-37(4)56(64,69-50)51(61)52(62)57-24-20-19-21-42(57)53(63)68-49(36(3)28-39-22-23-44(46(30-39)65-12)70-72(15,16)54(6,7)8)38(5)45(71-73(17,18)55(9,10)11)32-43(60)40(26-34)31-41(59)33-58/h26,28,35,37-42,44-50,58-59,64H,19-25,27,29-33H2,1-18H3/b34-26-,36-28+/t35-,37-,38-,39+,40-,41?,42+,44-,45+,46-,47-,48-,49-,50-,56-/m1/s1. The second-order valence-electron chi connectivity index (χ2n) is 25.5. The van der Waals surface area contributed by atoms with Crippen molar-refractivity contribution in [2.45, 2.75) is 244 Å². The van der Waals surface area contributed by atoms with Crippen LogP contribution in [-0.4, -0.2) is 155 Å². The van der Waals surface area contributed by atoms with Crippen molar-refractivity contribution in [3.63, 3.8) is 0 Å². The highest BCUT2D eigenvalue weighted by Crippen LogP contribution is 2.44. The first-order chi connectivity index (χ1) is 33.7. The summed E-state index contributed by atoms with van der Waals surface area (Å²) in [5.41, 5.74) is 1.64. The molecule has 1 saturated carbocycles. The van der Waals surface area contributed by atoms with Gasteiger partial charge in [-0.2, -0.15) is 0 Å². The summed E-state index contributed by atoms with van der Waals surface area (Å²) < 4.78 is 45.3. The van der Waals surface area contributed by atoms with E-state index in [1.54, 1.807) is 14.0 Å². The van der Waals surface area contributed by atoms with Crippen molar-refractivity contribution in [3.05, 3.63) is 23.3 Å². The Balaban J connectivity index is 1.91. The Morgan fingerprint density at radius 1 is 0.822 bits per heavy atom. The maximum absolute atomic E-state index is 15.1. The fraction of sp³-hybridized carbons (Fsp3) is 0.857. The van der Waals surface area contributed by atoms with Gasteiger partial charge in [-0.25, -0.2) is 4.79 Å². The summed E-state index contributed by atoms with van der Waals surface area (Å²) in [7, 11) is 0.00811. The number of ether oxygens (including phenoxy) is 5. The molecule has 1 unspecified atom stereocenters. The number of rotatable bonds is 12. The molecule has 15 nitrogen and oxygen atoms in total. The number of nitrogens with zero attached hydrogens (tertiary/aromatic N) is 1. The molecule has 0 spiro atoms. The van der Waals surface area contributed by atoms with Crippen molar-refractivity contribution in [1.82, 2.24) is 4.90 Å².